The quantitative estimate of drug-likeness (QED) is 0.528. The number of hydrogen-bond donors (Lipinski definition) is 2. The number of sulfonamides is 1. The third-order valence-corrected chi connectivity index (χ3v) is 6.24. The molecule has 9 heteroatoms. The number of benzene rings is 2. The summed E-state index contributed by atoms with van der Waals surface area (Å²) in [5.41, 5.74) is 0.758. The highest BCUT2D eigenvalue weighted by Crippen LogP contribution is 2.17. The molecule has 0 fully saturated rings. The molecular formula is C21H27N3O5S. The second-order valence-electron chi connectivity index (χ2n) is 6.59. The first kappa shape index (κ1) is 23.5. The molecule has 0 atom stereocenters. The van der Waals surface area contributed by atoms with Crippen LogP contribution in [0.3, 0.4) is 0 Å². The molecule has 0 heterocycles. The average Bonchev–Trinajstić information content (AvgIpc) is 2.74. The lowest BCUT2D eigenvalue weighted by Crippen LogP contribution is -2.29. The van der Waals surface area contributed by atoms with Crippen molar-refractivity contribution in [2.45, 2.75) is 17.7 Å². The fourth-order valence-corrected chi connectivity index (χ4v) is 3.95. The largest absolute Gasteiger partial charge is 0.383 e. The molecule has 30 heavy (non-hydrogen) atoms. The zero-order valence-electron chi connectivity index (χ0n) is 17.1. The highest BCUT2D eigenvalue weighted by Gasteiger charge is 2.20. The molecule has 2 aromatic carbocycles. The van der Waals surface area contributed by atoms with E-state index >= 15 is 0 Å². The van der Waals surface area contributed by atoms with Gasteiger partial charge in [-0.25, -0.2) is 12.7 Å². The third kappa shape index (κ3) is 6.65. The van der Waals surface area contributed by atoms with Crippen LogP contribution in [0.15, 0.2) is 59.5 Å². The molecule has 2 amide bonds. The summed E-state index contributed by atoms with van der Waals surface area (Å²) in [7, 11) is -0.556. The SMILES string of the molecule is COCCNC(=O)c1ccccc1NC(=O)CCCN(C)S(=O)(=O)c1ccccc1. The van der Waals surface area contributed by atoms with Gasteiger partial charge in [-0.3, -0.25) is 9.59 Å². The van der Waals surface area contributed by atoms with Crippen LogP contribution in [0.5, 0.6) is 0 Å². The van der Waals surface area contributed by atoms with Gasteiger partial charge in [0.05, 0.1) is 22.8 Å². The highest BCUT2D eigenvalue weighted by molar-refractivity contribution is 7.89. The zero-order valence-corrected chi connectivity index (χ0v) is 17.9. The van der Waals surface area contributed by atoms with Gasteiger partial charge >= 0.3 is 0 Å². The van der Waals surface area contributed by atoms with Crippen LogP contribution >= 0.6 is 0 Å². The maximum absolute atomic E-state index is 12.5. The normalized spacial score (nSPS) is 11.3. The maximum Gasteiger partial charge on any atom is 0.253 e. The minimum Gasteiger partial charge on any atom is -0.383 e. The van der Waals surface area contributed by atoms with Crippen molar-refractivity contribution in [2.24, 2.45) is 0 Å². The standard InChI is InChI=1S/C21H27N3O5S/c1-24(30(27,28)17-9-4-3-5-10-17)15-8-13-20(25)23-19-12-7-6-11-18(19)21(26)22-14-16-29-2/h3-7,9-12H,8,13-16H2,1-2H3,(H,22,26)(H,23,25). The number of methoxy groups -OCH3 is 1. The van der Waals surface area contributed by atoms with E-state index in [2.05, 4.69) is 10.6 Å². The summed E-state index contributed by atoms with van der Waals surface area (Å²) in [6.45, 7) is 0.948. The van der Waals surface area contributed by atoms with E-state index in [1.807, 2.05) is 0 Å². The van der Waals surface area contributed by atoms with E-state index in [9.17, 15) is 18.0 Å². The first-order valence-electron chi connectivity index (χ1n) is 9.53. The van der Waals surface area contributed by atoms with Gasteiger partial charge in [-0.05, 0) is 30.7 Å². The summed E-state index contributed by atoms with van der Waals surface area (Å²) in [5, 5.41) is 5.44. The van der Waals surface area contributed by atoms with Gasteiger partial charge in [0.25, 0.3) is 5.91 Å². The molecule has 0 aliphatic rings. The molecular weight excluding hydrogens is 406 g/mol. The van der Waals surface area contributed by atoms with Crippen molar-refractivity contribution in [1.29, 1.82) is 0 Å². The van der Waals surface area contributed by atoms with Crippen molar-refractivity contribution >= 4 is 27.5 Å². The maximum atomic E-state index is 12.5. The van der Waals surface area contributed by atoms with Gasteiger partial charge in [-0.1, -0.05) is 30.3 Å². The van der Waals surface area contributed by atoms with Crippen LogP contribution in [-0.4, -0.2) is 58.4 Å². The number of para-hydroxylation sites is 1. The van der Waals surface area contributed by atoms with Crippen molar-refractivity contribution in [1.82, 2.24) is 9.62 Å². The van der Waals surface area contributed by atoms with E-state index in [1.165, 1.54) is 23.5 Å². The molecule has 0 aromatic heterocycles. The number of rotatable bonds is 11. The van der Waals surface area contributed by atoms with Crippen molar-refractivity contribution < 1.29 is 22.7 Å². The summed E-state index contributed by atoms with van der Waals surface area (Å²) in [4.78, 5) is 24.8. The molecule has 0 aliphatic heterocycles. The number of amides is 2. The number of carbonyl (C=O) groups excluding carboxylic acids is 2. The second kappa shape index (κ2) is 11.4. The van der Waals surface area contributed by atoms with Crippen LogP contribution in [0.2, 0.25) is 0 Å². The molecule has 162 valence electrons. The smallest absolute Gasteiger partial charge is 0.253 e. The molecule has 0 saturated carbocycles. The third-order valence-electron chi connectivity index (χ3n) is 4.37. The van der Waals surface area contributed by atoms with Crippen molar-refractivity contribution in [3.8, 4) is 0 Å². The monoisotopic (exact) mass is 433 g/mol. The van der Waals surface area contributed by atoms with Gasteiger partial charge in [0, 0.05) is 33.7 Å². The average molecular weight is 434 g/mol. The number of carbonyl (C=O) groups is 2. The van der Waals surface area contributed by atoms with Crippen molar-refractivity contribution in [2.75, 3.05) is 39.2 Å². The Morgan fingerprint density at radius 2 is 1.70 bits per heavy atom. The lowest BCUT2D eigenvalue weighted by Gasteiger charge is -2.17. The lowest BCUT2D eigenvalue weighted by molar-refractivity contribution is -0.116. The molecule has 2 rings (SSSR count). The van der Waals surface area contributed by atoms with E-state index in [1.54, 1.807) is 49.6 Å². The van der Waals surface area contributed by atoms with Crippen molar-refractivity contribution in [3.05, 3.63) is 60.2 Å². The first-order valence-corrected chi connectivity index (χ1v) is 11.0. The van der Waals surface area contributed by atoms with Gasteiger partial charge in [0.1, 0.15) is 0 Å². The first-order chi connectivity index (χ1) is 14.4. The molecule has 2 aromatic rings. The molecule has 0 unspecified atom stereocenters. The van der Waals surface area contributed by atoms with Crippen LogP contribution in [0.1, 0.15) is 23.2 Å². The van der Waals surface area contributed by atoms with Crippen molar-refractivity contribution in [3.63, 3.8) is 0 Å². The molecule has 0 radical (unpaired) electrons. The Labute approximate surface area is 177 Å². The minimum atomic E-state index is -3.59. The van der Waals surface area contributed by atoms with E-state index in [4.69, 9.17) is 4.74 Å². The lowest BCUT2D eigenvalue weighted by atomic mass is 10.1. The Kier molecular flexibility index (Phi) is 8.97. The van der Waals surface area contributed by atoms with Crippen LogP contribution in [0, 0.1) is 0 Å². The van der Waals surface area contributed by atoms with Gasteiger partial charge in [0.15, 0.2) is 0 Å². The van der Waals surface area contributed by atoms with Crippen LogP contribution < -0.4 is 10.6 Å². The molecule has 0 bridgehead atoms. The fourth-order valence-electron chi connectivity index (χ4n) is 2.72. The van der Waals surface area contributed by atoms with E-state index in [0.717, 1.165) is 0 Å². The number of ether oxygens (including phenoxy) is 1. The fraction of sp³-hybridized carbons (Fsp3) is 0.333. The summed E-state index contributed by atoms with van der Waals surface area (Å²) in [6.07, 6.45) is 0.463. The molecule has 0 saturated heterocycles. The Balaban J connectivity index is 1.89. The predicted molar refractivity (Wildman–Crippen MR) is 115 cm³/mol. The van der Waals surface area contributed by atoms with Gasteiger partial charge < -0.3 is 15.4 Å². The highest BCUT2D eigenvalue weighted by atomic mass is 32.2. The predicted octanol–water partition coefficient (Wildman–Crippen LogP) is 2.10. The number of nitrogens with one attached hydrogen (secondary N) is 2. The Bertz CT molecular complexity index is 948. The topological polar surface area (TPSA) is 105 Å². The number of anilines is 1. The number of nitrogens with zero attached hydrogens (tertiary/aromatic N) is 1. The van der Waals surface area contributed by atoms with Crippen LogP contribution in [0.25, 0.3) is 0 Å². The molecule has 0 spiro atoms. The van der Waals surface area contributed by atoms with E-state index in [0.29, 0.717) is 30.8 Å². The summed E-state index contributed by atoms with van der Waals surface area (Å²) in [5.74, 6) is -0.603. The molecule has 8 nitrogen and oxygen atoms in total. The summed E-state index contributed by atoms with van der Waals surface area (Å²) >= 11 is 0. The number of hydrogen-bond acceptors (Lipinski definition) is 5. The Morgan fingerprint density at radius 1 is 1.03 bits per heavy atom. The molecule has 2 N–H and O–H groups in total. The minimum absolute atomic E-state index is 0.119. The summed E-state index contributed by atoms with van der Waals surface area (Å²) < 4.78 is 31.1. The zero-order chi connectivity index (χ0) is 22.0. The second-order valence-corrected chi connectivity index (χ2v) is 8.63. The van der Waals surface area contributed by atoms with Crippen LogP contribution in [0.4, 0.5) is 5.69 Å². The Hall–Kier alpha value is -2.75. The van der Waals surface area contributed by atoms with Gasteiger partial charge in [-0.15, -0.1) is 0 Å². The summed E-state index contributed by atoms with van der Waals surface area (Å²) in [6, 6.07) is 14.9. The van der Waals surface area contributed by atoms with Gasteiger partial charge in [0.2, 0.25) is 15.9 Å². The van der Waals surface area contributed by atoms with Crippen LogP contribution in [-0.2, 0) is 19.6 Å². The van der Waals surface area contributed by atoms with Gasteiger partial charge in [-0.2, -0.15) is 0 Å². The Morgan fingerprint density at radius 3 is 2.40 bits per heavy atom. The van der Waals surface area contributed by atoms with E-state index in [-0.39, 0.29) is 29.7 Å². The van der Waals surface area contributed by atoms with E-state index < -0.39 is 10.0 Å². The molecule has 0 aliphatic carbocycles.